The third-order valence-corrected chi connectivity index (χ3v) is 7.49. The predicted octanol–water partition coefficient (Wildman–Crippen LogP) is 0.901. The van der Waals surface area contributed by atoms with Crippen LogP contribution in [0.3, 0.4) is 0 Å². The summed E-state index contributed by atoms with van der Waals surface area (Å²) >= 11 is 0. The van der Waals surface area contributed by atoms with Crippen molar-refractivity contribution in [1.29, 1.82) is 0 Å². The smallest absolute Gasteiger partial charge is 0.423 e. The average molecular weight is 426 g/mol. The standard InChI is InChI=1S/C21H29N3O3S.Na/c1-21(10-5-12-24(21)2)11-13-28(26,27)23-20(25)22-19-14-15-6-3-7-16(15)17-8-4-9-18(17)19;/h11,13-14H,3-10,12H2,1-2H3,(H2,22,23,25);/q;+1/p-1/b13-11+;/t21-;/m1./s1. The van der Waals surface area contributed by atoms with Crippen molar-refractivity contribution in [2.24, 2.45) is 0 Å². The zero-order chi connectivity index (χ0) is 19.9. The maximum atomic E-state index is 12.4. The molecule has 6 nitrogen and oxygen atoms in total. The molecule has 8 heteroatoms. The molecular weight excluding hydrogens is 397 g/mol. The van der Waals surface area contributed by atoms with E-state index in [9.17, 15) is 13.2 Å². The summed E-state index contributed by atoms with van der Waals surface area (Å²) in [6, 6.07) is 1.21. The van der Waals surface area contributed by atoms with Gasteiger partial charge in [-0.25, -0.2) is 8.42 Å². The van der Waals surface area contributed by atoms with Gasteiger partial charge >= 0.3 is 29.6 Å². The van der Waals surface area contributed by atoms with E-state index < -0.39 is 16.1 Å². The molecule has 3 aliphatic rings. The number of fused-ring (bicyclic) bond motifs is 3. The molecule has 0 saturated carbocycles. The van der Waals surface area contributed by atoms with Crippen LogP contribution in [0.4, 0.5) is 10.5 Å². The largest absolute Gasteiger partial charge is 1.00 e. The molecule has 1 aromatic rings. The molecule has 0 radical (unpaired) electrons. The average Bonchev–Trinajstić information content (AvgIpc) is 3.33. The summed E-state index contributed by atoms with van der Waals surface area (Å²) in [4.78, 5) is 14.5. The van der Waals surface area contributed by atoms with E-state index in [4.69, 9.17) is 0 Å². The number of sulfonamides is 1. The zero-order valence-electron chi connectivity index (χ0n) is 17.6. The monoisotopic (exact) mass is 425 g/mol. The molecule has 1 saturated heterocycles. The number of benzene rings is 1. The van der Waals surface area contributed by atoms with Gasteiger partial charge < -0.3 is 10.0 Å². The summed E-state index contributed by atoms with van der Waals surface area (Å²) in [5, 5.41) is 3.82. The van der Waals surface area contributed by atoms with Gasteiger partial charge in [0.15, 0.2) is 16.1 Å². The van der Waals surface area contributed by atoms with Gasteiger partial charge in [0.05, 0.1) is 0 Å². The van der Waals surface area contributed by atoms with Crippen molar-refractivity contribution in [1.82, 2.24) is 4.90 Å². The van der Waals surface area contributed by atoms with E-state index in [0.29, 0.717) is 0 Å². The van der Waals surface area contributed by atoms with Crippen LogP contribution in [0.15, 0.2) is 17.6 Å². The van der Waals surface area contributed by atoms with Crippen LogP contribution >= 0.6 is 0 Å². The van der Waals surface area contributed by atoms with E-state index >= 15 is 0 Å². The molecule has 1 N–H and O–H groups in total. The van der Waals surface area contributed by atoms with Crippen molar-refractivity contribution in [3.8, 4) is 0 Å². The first-order valence-corrected chi connectivity index (χ1v) is 11.6. The minimum Gasteiger partial charge on any atom is -0.423 e. The Hall–Kier alpha value is -0.860. The molecule has 0 spiro atoms. The van der Waals surface area contributed by atoms with Crippen LogP contribution in [0.5, 0.6) is 0 Å². The number of amides is 2. The van der Waals surface area contributed by atoms with Crippen molar-refractivity contribution >= 4 is 21.7 Å². The van der Waals surface area contributed by atoms with Gasteiger partial charge in [-0.1, -0.05) is 12.1 Å². The summed E-state index contributed by atoms with van der Waals surface area (Å²) < 4.78 is 28.1. The number of likely N-dealkylation sites (N-methyl/N-ethyl adjacent to an activating group) is 1. The Kier molecular flexibility index (Phi) is 6.85. The molecule has 1 heterocycles. The molecule has 1 atom stereocenters. The minimum absolute atomic E-state index is 0. The second-order valence-electron chi connectivity index (χ2n) is 8.45. The number of urea groups is 1. The fourth-order valence-electron chi connectivity index (χ4n) is 4.87. The van der Waals surface area contributed by atoms with Crippen molar-refractivity contribution in [2.45, 2.75) is 63.8 Å². The van der Waals surface area contributed by atoms with Crippen LogP contribution in [-0.2, 0) is 35.7 Å². The number of nitrogens with one attached hydrogen (secondary N) is 1. The maximum absolute atomic E-state index is 12.4. The normalized spacial score (nSPS) is 23.7. The molecule has 0 unspecified atom stereocenters. The molecule has 0 bridgehead atoms. The van der Waals surface area contributed by atoms with Gasteiger partial charge in [0.2, 0.25) is 0 Å². The molecule has 2 amide bonds. The van der Waals surface area contributed by atoms with Gasteiger partial charge in [0.1, 0.15) is 0 Å². The predicted molar refractivity (Wildman–Crippen MR) is 111 cm³/mol. The number of carbonyl (C=O) groups excluding carboxylic acids is 1. The topological polar surface area (TPSA) is 80.6 Å². The van der Waals surface area contributed by atoms with E-state index in [1.807, 2.05) is 20.0 Å². The molecule has 152 valence electrons. The Morgan fingerprint density at radius 2 is 1.83 bits per heavy atom. The molecule has 1 aliphatic heterocycles. The van der Waals surface area contributed by atoms with Crippen LogP contribution in [0.25, 0.3) is 4.72 Å². The van der Waals surface area contributed by atoms with Crippen molar-refractivity contribution in [2.75, 3.05) is 18.9 Å². The van der Waals surface area contributed by atoms with Gasteiger partial charge in [-0.15, -0.1) is 0 Å². The van der Waals surface area contributed by atoms with Crippen molar-refractivity contribution in [3.63, 3.8) is 0 Å². The number of nitrogens with zero attached hydrogens (tertiary/aromatic N) is 2. The van der Waals surface area contributed by atoms with Crippen LogP contribution in [0.2, 0.25) is 0 Å². The van der Waals surface area contributed by atoms with E-state index in [-0.39, 0.29) is 35.1 Å². The molecule has 1 fully saturated rings. The Morgan fingerprint density at radius 1 is 1.14 bits per heavy atom. The Balaban J connectivity index is 0.00000240. The maximum Gasteiger partial charge on any atom is 1.00 e. The minimum atomic E-state index is -3.97. The molecule has 4 rings (SSSR count). The number of likely N-dealkylation sites (tertiary alicyclic amines) is 1. The molecule has 2 aliphatic carbocycles. The molecular formula is C21H28N3NaO3S. The fraction of sp³-hybridized carbons (Fsp3) is 0.571. The SMILES string of the molecule is CN1CCC[C@]1(C)/C=C/S(=O)(=O)[N-]C(=O)Nc1cc2c(c3c1CCC3)CCC2.[Na+]. The van der Waals surface area contributed by atoms with E-state index in [0.717, 1.165) is 74.6 Å². The number of hydrogen-bond acceptors (Lipinski definition) is 4. The van der Waals surface area contributed by atoms with E-state index in [2.05, 4.69) is 14.9 Å². The first-order chi connectivity index (χ1) is 13.3. The number of rotatable bonds is 4. The number of aryl methyl sites for hydroxylation is 1. The van der Waals surface area contributed by atoms with Gasteiger partial charge in [-0.2, -0.15) is 0 Å². The Bertz CT molecular complexity index is 945. The summed E-state index contributed by atoms with van der Waals surface area (Å²) in [5.74, 6) is 0. The zero-order valence-corrected chi connectivity index (χ0v) is 20.4. The van der Waals surface area contributed by atoms with E-state index in [1.54, 1.807) is 6.08 Å². The van der Waals surface area contributed by atoms with Crippen LogP contribution in [-0.4, -0.2) is 38.5 Å². The third-order valence-electron chi connectivity index (χ3n) is 6.59. The first-order valence-electron chi connectivity index (χ1n) is 10.1. The third kappa shape index (κ3) is 4.74. The second-order valence-corrected chi connectivity index (χ2v) is 9.93. The van der Waals surface area contributed by atoms with Gasteiger partial charge in [0.25, 0.3) is 0 Å². The fourth-order valence-corrected chi connectivity index (χ4v) is 5.67. The summed E-state index contributed by atoms with van der Waals surface area (Å²) in [5.41, 5.74) is 5.70. The quantitative estimate of drug-likeness (QED) is 0.727. The number of anilines is 1. The number of hydrogen-bond donors (Lipinski definition) is 1. The van der Waals surface area contributed by atoms with Crippen molar-refractivity contribution in [3.05, 3.63) is 44.5 Å². The van der Waals surface area contributed by atoms with Crippen molar-refractivity contribution < 1.29 is 42.8 Å². The Morgan fingerprint density at radius 3 is 2.55 bits per heavy atom. The van der Waals surface area contributed by atoms with Gasteiger partial charge in [-0.05, 0) is 99.8 Å². The summed E-state index contributed by atoms with van der Waals surface area (Å²) in [7, 11) is -2.00. The summed E-state index contributed by atoms with van der Waals surface area (Å²) in [6.45, 7) is 2.93. The van der Waals surface area contributed by atoms with E-state index in [1.165, 1.54) is 16.7 Å². The Labute approximate surface area is 195 Å². The second kappa shape index (κ2) is 8.71. The van der Waals surface area contributed by atoms with Gasteiger partial charge in [0, 0.05) is 10.9 Å². The molecule has 1 aromatic carbocycles. The van der Waals surface area contributed by atoms with Crippen LogP contribution in [0, 0.1) is 0 Å². The molecule has 0 aromatic heterocycles. The van der Waals surface area contributed by atoms with Gasteiger partial charge in [-0.3, -0.25) is 9.69 Å². The van der Waals surface area contributed by atoms with Crippen LogP contribution < -0.4 is 34.9 Å². The number of carbonyl (C=O) groups is 1. The van der Waals surface area contributed by atoms with Crippen LogP contribution in [0.1, 0.15) is 54.9 Å². The first kappa shape index (κ1) is 22.8. The molecule has 29 heavy (non-hydrogen) atoms. The summed E-state index contributed by atoms with van der Waals surface area (Å²) in [6.07, 6.45) is 9.91.